The maximum Gasteiger partial charge on any atom is 0.0807 e. The Morgan fingerprint density at radius 2 is 0.304 bits per heavy atom. The molecule has 0 heterocycles. The Morgan fingerprint density at radius 1 is 0.148 bits per heavy atom. The maximum absolute atomic E-state index is 2.52. The van der Waals surface area contributed by atoms with Crippen molar-refractivity contribution in [3.63, 3.8) is 0 Å². The SMILES string of the molecule is CC(C)(C)CC[N+](C)(C)C.CC(C)CC[N+](C)(CCC(C)C)CCC(C)C.CC(C)C[N+](C)(CC(C)C)CC(C)C.CCCCCCCC[N+](C)(C)CCCCCCCC.CCCCCC[N+](C)(C)CCCCCC.CCCCCC[N+](C)(CCCCCC)CCCCCC.CCCCC[N+](C)(CCCCC)CCCCC.CCCC[N+](C)(CCCC)CCCC.CCC[N+](C)(C)CCC. The summed E-state index contributed by atoms with van der Waals surface area (Å²) in [5.74, 6) is 4.93. The second-order valence-corrected chi connectivity index (χ2v) is 52.6. The van der Waals surface area contributed by atoms with E-state index in [9.17, 15) is 0 Å². The molecule has 828 valence electrons. The highest BCUT2D eigenvalue weighted by molar-refractivity contribution is 4.61. The summed E-state index contributed by atoms with van der Waals surface area (Å²) < 4.78 is 11.3. The molecule has 0 fully saturated rings. The third-order valence-corrected chi connectivity index (χ3v) is 28.5. The largest absolute Gasteiger partial charge is 0.331 e. The molecule has 0 aromatic rings. The van der Waals surface area contributed by atoms with Gasteiger partial charge in [-0.2, -0.15) is 0 Å². The zero-order valence-corrected chi connectivity index (χ0v) is 105. The number of unbranched alkanes of at least 4 members (excludes halogenated alkanes) is 34. The molecule has 0 saturated carbocycles. The fourth-order valence-corrected chi connectivity index (χ4v) is 19.3. The van der Waals surface area contributed by atoms with Gasteiger partial charge in [-0.05, 0) is 203 Å². The fourth-order valence-electron chi connectivity index (χ4n) is 19.3. The van der Waals surface area contributed by atoms with Crippen LogP contribution in [-0.4, -0.2) is 283 Å². The minimum Gasteiger partial charge on any atom is -0.331 e. The van der Waals surface area contributed by atoms with Crippen LogP contribution in [0, 0.1) is 40.9 Å². The van der Waals surface area contributed by atoms with E-state index in [1.807, 2.05) is 0 Å². The summed E-state index contributed by atoms with van der Waals surface area (Å²) in [5, 5.41) is 0. The minimum absolute atomic E-state index is 0.492. The van der Waals surface area contributed by atoms with Gasteiger partial charge in [0.1, 0.15) is 0 Å². The van der Waals surface area contributed by atoms with E-state index in [0.717, 1.165) is 40.0 Å². The first-order valence-corrected chi connectivity index (χ1v) is 61.6. The van der Waals surface area contributed by atoms with Crippen molar-refractivity contribution in [3.05, 3.63) is 0 Å². The zero-order chi connectivity index (χ0) is 105. The number of nitrogens with zero attached hydrogens (tertiary/aromatic N) is 9. The van der Waals surface area contributed by atoms with Gasteiger partial charge in [-0.3, -0.25) is 0 Å². The normalized spacial score (nSPS) is 12.4. The van der Waals surface area contributed by atoms with Crippen molar-refractivity contribution in [1.82, 2.24) is 0 Å². The van der Waals surface area contributed by atoms with Gasteiger partial charge < -0.3 is 40.3 Å². The highest BCUT2D eigenvalue weighted by atomic mass is 15.4. The molecule has 135 heavy (non-hydrogen) atoms. The molecule has 9 nitrogen and oxygen atoms in total. The van der Waals surface area contributed by atoms with Crippen LogP contribution < -0.4 is 0 Å². The van der Waals surface area contributed by atoms with Crippen molar-refractivity contribution in [3.8, 4) is 0 Å². The fraction of sp³-hybridized carbons (Fsp3) is 1.00. The lowest BCUT2D eigenvalue weighted by atomic mass is 9.92. The molecule has 0 aromatic carbocycles. The highest BCUT2D eigenvalue weighted by Gasteiger charge is 2.28. The molecule has 0 rings (SSSR count). The van der Waals surface area contributed by atoms with Gasteiger partial charge in [-0.15, -0.1) is 0 Å². The van der Waals surface area contributed by atoms with Crippen molar-refractivity contribution in [2.75, 3.05) is 243 Å². The molecular formula is C126H288N9+9. The molecule has 0 unspecified atom stereocenters. The second kappa shape index (κ2) is 101. The average molecular weight is 1930 g/mol. The van der Waals surface area contributed by atoms with Crippen molar-refractivity contribution in [2.45, 2.75) is 548 Å². The van der Waals surface area contributed by atoms with Gasteiger partial charge in [0.15, 0.2) is 0 Å². The Morgan fingerprint density at radius 3 is 0.474 bits per heavy atom. The van der Waals surface area contributed by atoms with Crippen LogP contribution in [0.5, 0.6) is 0 Å². The van der Waals surface area contributed by atoms with Crippen LogP contribution >= 0.6 is 0 Å². The van der Waals surface area contributed by atoms with E-state index in [2.05, 4.69) is 306 Å². The Hall–Kier alpha value is -0.360. The Labute approximate surface area is 866 Å². The minimum atomic E-state index is 0.492. The quantitative estimate of drug-likeness (QED) is 0.0421. The van der Waals surface area contributed by atoms with Crippen LogP contribution in [0.4, 0.5) is 0 Å². The number of hydrogen-bond acceptors (Lipinski definition) is 0. The van der Waals surface area contributed by atoms with Crippen LogP contribution in [0.2, 0.25) is 0 Å². The van der Waals surface area contributed by atoms with Crippen LogP contribution in [0.25, 0.3) is 0 Å². The highest BCUT2D eigenvalue weighted by Crippen LogP contribution is 2.23. The van der Waals surface area contributed by atoms with Gasteiger partial charge in [-0.25, -0.2) is 0 Å². The third-order valence-electron chi connectivity index (χ3n) is 28.5. The lowest BCUT2D eigenvalue weighted by Gasteiger charge is -2.39. The summed E-state index contributed by atoms with van der Waals surface area (Å²) in [5.41, 5.74) is 0.492. The van der Waals surface area contributed by atoms with Crippen LogP contribution in [0.1, 0.15) is 548 Å². The van der Waals surface area contributed by atoms with Gasteiger partial charge in [0.25, 0.3) is 0 Å². The summed E-state index contributed by atoms with van der Waals surface area (Å²) in [4.78, 5) is 0. The van der Waals surface area contributed by atoms with Gasteiger partial charge in [0, 0.05) is 24.2 Å². The van der Waals surface area contributed by atoms with Crippen molar-refractivity contribution < 1.29 is 40.3 Å². The van der Waals surface area contributed by atoms with Crippen molar-refractivity contribution in [1.29, 1.82) is 0 Å². The smallest absolute Gasteiger partial charge is 0.0807 e. The van der Waals surface area contributed by atoms with Gasteiger partial charge in [0.2, 0.25) is 0 Å². The molecule has 0 N–H and O–H groups in total. The first kappa shape index (κ1) is 152. The standard InChI is InChI=1S/C19H42N.C18H40N.2C16H36N.C14H32N.2C13H30N.C9H22N.C8H20N/c1-5-8-11-14-17-20(4,18-15-12-9-6-2)19-16-13-10-7-3;1-5-7-9-11-13-15-17-19(3,4)18-16-14-12-10-8-6-2;1-14(2)8-11-17(7,12-9-15(3)4)13-10-16(5)6;1-5-8-11-14-17(4,15-12-9-6-2)16-13-10-7-3;1-5-7-9-11-13-15(3,4)14-12-10-8-6-2;1-11(2)8-14(7,9-12(3)4)10-13(5)6;1-5-8-11-14(4,12-9-6-2)13-10-7-3;1-9(2,3)7-8-10(4,5)6;1-5-7-9(3,4)8-6-2/h5-19H2,1-4H3;5-18H2,1-4H3;14-16H,8-13H2,1-7H3;5-16H2,1-4H3;5-14H2,1-4H3;11-13H,8-10H2,1-7H3;5-13H2,1-4H3;7-8H2,1-6H3;5-8H2,1-4H3/q9*+1. The third kappa shape index (κ3) is 130. The zero-order valence-electron chi connectivity index (χ0n) is 105. The Kier molecular flexibility index (Phi) is 114. The van der Waals surface area contributed by atoms with Crippen molar-refractivity contribution in [2.24, 2.45) is 40.9 Å². The topological polar surface area (TPSA) is 0 Å². The molecule has 0 aliphatic heterocycles. The van der Waals surface area contributed by atoms with Crippen LogP contribution in [-0.2, 0) is 0 Å². The van der Waals surface area contributed by atoms with Gasteiger partial charge in [-0.1, -0.05) is 362 Å². The molecule has 0 amide bonds. The number of rotatable bonds is 81. The summed E-state index contributed by atoms with van der Waals surface area (Å²) in [7, 11) is 33.3. The van der Waals surface area contributed by atoms with E-state index < -0.39 is 0 Å². The molecule has 0 saturated heterocycles. The predicted octanol–water partition coefficient (Wildman–Crippen LogP) is 37.0. The van der Waals surface area contributed by atoms with Gasteiger partial charge >= 0.3 is 0 Å². The molecule has 9 heteroatoms. The molecule has 0 radical (unpaired) electrons. The molecule has 0 aliphatic rings. The maximum atomic E-state index is 2.52. The Bertz CT molecular complexity index is 2020. The van der Waals surface area contributed by atoms with E-state index in [-0.39, 0.29) is 0 Å². The molecule has 0 atom stereocenters. The van der Waals surface area contributed by atoms with Gasteiger partial charge in [0.05, 0.1) is 243 Å². The average Bonchev–Trinajstić information content (AvgIpc) is 0.867. The second-order valence-electron chi connectivity index (χ2n) is 52.6. The van der Waals surface area contributed by atoms with E-state index >= 15 is 0 Å². The lowest BCUT2D eigenvalue weighted by molar-refractivity contribution is -0.917. The van der Waals surface area contributed by atoms with Crippen LogP contribution in [0.3, 0.4) is 0 Å². The summed E-state index contributed by atoms with van der Waals surface area (Å²) in [6.07, 6.45) is 74.0. The van der Waals surface area contributed by atoms with E-state index in [1.54, 1.807) is 0 Å². The first-order chi connectivity index (χ1) is 63.1. The summed E-state index contributed by atoms with van der Waals surface area (Å²) >= 11 is 0. The van der Waals surface area contributed by atoms with E-state index in [0.29, 0.717) is 5.41 Å². The van der Waals surface area contributed by atoms with Crippen LogP contribution in [0.15, 0.2) is 0 Å². The lowest BCUT2D eigenvalue weighted by Crippen LogP contribution is -2.50. The van der Waals surface area contributed by atoms with Crippen molar-refractivity contribution >= 4 is 0 Å². The summed E-state index contributed by atoms with van der Waals surface area (Å²) in [6.45, 7) is 99.3. The van der Waals surface area contributed by atoms with E-state index in [1.165, 1.54) is 520 Å². The molecule has 0 bridgehead atoms. The molecule has 0 spiro atoms. The monoisotopic (exact) mass is 1930 g/mol. The number of hydrogen-bond donors (Lipinski definition) is 0. The van der Waals surface area contributed by atoms with E-state index in [4.69, 9.17) is 0 Å². The molecule has 0 aromatic heterocycles. The Balaban J connectivity index is -0.000000191. The first-order valence-electron chi connectivity index (χ1n) is 61.6. The summed E-state index contributed by atoms with van der Waals surface area (Å²) in [6, 6.07) is 0. The number of quaternary nitrogens is 9. The predicted molar refractivity (Wildman–Crippen MR) is 631 cm³/mol. The molecular weight excluding hydrogens is 1640 g/mol. The molecule has 0 aliphatic carbocycles.